The van der Waals surface area contributed by atoms with Gasteiger partial charge in [0.1, 0.15) is 0 Å². The van der Waals surface area contributed by atoms with Crippen molar-refractivity contribution in [3.63, 3.8) is 0 Å². The Hall–Kier alpha value is -4.75. The molecule has 0 unspecified atom stereocenters. The van der Waals surface area contributed by atoms with Crippen molar-refractivity contribution in [3.05, 3.63) is 125 Å². The highest BCUT2D eigenvalue weighted by molar-refractivity contribution is 6.37. The van der Waals surface area contributed by atoms with E-state index in [4.69, 9.17) is 0 Å². The molecule has 0 bridgehead atoms. The molecule has 1 aromatic heterocycles. The molecule has 1 saturated heterocycles. The van der Waals surface area contributed by atoms with Gasteiger partial charge in [0.05, 0.1) is 23.0 Å². The predicted molar refractivity (Wildman–Crippen MR) is 163 cm³/mol. The van der Waals surface area contributed by atoms with Crippen LogP contribution in [0.2, 0.25) is 0 Å². The number of benzene rings is 3. The number of hydrogen-bond acceptors (Lipinski definition) is 5. The summed E-state index contributed by atoms with van der Waals surface area (Å²) in [6.45, 7) is 5.10. The Labute approximate surface area is 240 Å². The second-order valence-corrected chi connectivity index (χ2v) is 10.6. The number of likely N-dealkylation sites (tertiary alicyclic amines) is 1. The molecule has 0 radical (unpaired) electrons. The molecule has 2 aliphatic heterocycles. The summed E-state index contributed by atoms with van der Waals surface area (Å²) in [5.41, 5.74) is 6.60. The van der Waals surface area contributed by atoms with Crippen LogP contribution < -0.4 is 16.0 Å². The highest BCUT2D eigenvalue weighted by Crippen LogP contribution is 2.38. The number of aromatic nitrogens is 1. The van der Waals surface area contributed by atoms with E-state index in [1.807, 2.05) is 67.6 Å². The van der Waals surface area contributed by atoms with Crippen molar-refractivity contribution >= 4 is 34.5 Å². The first-order valence-corrected chi connectivity index (χ1v) is 14.1. The van der Waals surface area contributed by atoms with Gasteiger partial charge in [-0.1, -0.05) is 48.5 Å². The highest BCUT2D eigenvalue weighted by atomic mass is 16.2. The van der Waals surface area contributed by atoms with E-state index in [0.29, 0.717) is 33.8 Å². The second-order valence-electron chi connectivity index (χ2n) is 10.6. The number of hydrogen-bond donors (Lipinski definition) is 3. The number of carbonyl (C=O) groups excluding carboxylic acids is 2. The van der Waals surface area contributed by atoms with Gasteiger partial charge in [0, 0.05) is 35.2 Å². The van der Waals surface area contributed by atoms with Gasteiger partial charge in [-0.3, -0.25) is 19.5 Å². The standard InChI is InChI=1S/C34H33N5O2/c1-23(25-11-3-2-4-12-25)36-33(40)26-15-16-29-28(21-26)31(34(41)38-29)32(30-14-5-6-17-35-30)37-27-13-9-10-24(20-27)22-39-18-7-8-19-39/h2-6,9-17,20-21,23,37H,7-8,18-19,22H2,1H3,(H,36,40)(H,38,41)/b32-31-/t23-/m1/s1. The van der Waals surface area contributed by atoms with E-state index in [-0.39, 0.29) is 17.9 Å². The Morgan fingerprint density at radius 3 is 2.54 bits per heavy atom. The minimum absolute atomic E-state index is 0.162. The predicted octanol–water partition coefficient (Wildman–Crippen LogP) is 6.10. The molecule has 0 spiro atoms. The zero-order valence-corrected chi connectivity index (χ0v) is 23.1. The van der Waals surface area contributed by atoms with Gasteiger partial charge < -0.3 is 16.0 Å². The van der Waals surface area contributed by atoms with Gasteiger partial charge in [0.25, 0.3) is 11.8 Å². The van der Waals surface area contributed by atoms with Crippen LogP contribution in [0.3, 0.4) is 0 Å². The average Bonchev–Trinajstić information content (AvgIpc) is 3.63. The normalized spacial score (nSPS) is 16.6. The van der Waals surface area contributed by atoms with E-state index < -0.39 is 0 Å². The number of anilines is 2. The van der Waals surface area contributed by atoms with Crippen LogP contribution in [0.5, 0.6) is 0 Å². The van der Waals surface area contributed by atoms with Crippen molar-refractivity contribution in [2.75, 3.05) is 23.7 Å². The van der Waals surface area contributed by atoms with E-state index in [1.165, 1.54) is 18.4 Å². The summed E-state index contributed by atoms with van der Waals surface area (Å²) in [4.78, 5) is 33.7. The van der Waals surface area contributed by atoms with Crippen molar-refractivity contribution in [2.45, 2.75) is 32.4 Å². The summed E-state index contributed by atoms with van der Waals surface area (Å²) in [5, 5.41) is 9.56. The molecule has 2 amide bonds. The first-order valence-electron chi connectivity index (χ1n) is 14.1. The molecule has 4 aromatic rings. The Kier molecular flexibility index (Phi) is 7.60. The second kappa shape index (κ2) is 11.8. The molecule has 41 heavy (non-hydrogen) atoms. The summed E-state index contributed by atoms with van der Waals surface area (Å²) in [6, 6.07) is 28.9. The third kappa shape index (κ3) is 5.90. The van der Waals surface area contributed by atoms with Crippen LogP contribution in [-0.4, -0.2) is 34.8 Å². The lowest BCUT2D eigenvalue weighted by Crippen LogP contribution is -2.26. The van der Waals surface area contributed by atoms with Crippen LogP contribution in [0.1, 0.15) is 58.5 Å². The molecule has 1 atom stereocenters. The van der Waals surface area contributed by atoms with Crippen molar-refractivity contribution in [1.82, 2.24) is 15.2 Å². The number of rotatable bonds is 8. The maximum absolute atomic E-state index is 13.4. The van der Waals surface area contributed by atoms with E-state index in [9.17, 15) is 9.59 Å². The molecule has 0 saturated carbocycles. The molecular weight excluding hydrogens is 510 g/mol. The SMILES string of the molecule is C[C@@H](NC(=O)c1ccc2c(c1)/C(=C(/Nc1cccc(CN3CCCC3)c1)c1ccccn1)C(=O)N2)c1ccccc1. The highest BCUT2D eigenvalue weighted by Gasteiger charge is 2.30. The van der Waals surface area contributed by atoms with Crippen molar-refractivity contribution in [2.24, 2.45) is 0 Å². The fourth-order valence-corrected chi connectivity index (χ4v) is 5.52. The fraction of sp³-hybridized carbons (Fsp3) is 0.206. The maximum Gasteiger partial charge on any atom is 0.258 e. The third-order valence-corrected chi connectivity index (χ3v) is 7.65. The molecular formula is C34H33N5O2. The number of pyridine rings is 1. The molecule has 3 aromatic carbocycles. The van der Waals surface area contributed by atoms with E-state index in [2.05, 4.69) is 38.0 Å². The molecule has 0 aliphatic carbocycles. The van der Waals surface area contributed by atoms with Gasteiger partial charge in [-0.25, -0.2) is 0 Å². The quantitative estimate of drug-likeness (QED) is 0.234. The Bertz CT molecular complexity index is 1590. The van der Waals surface area contributed by atoms with Crippen LogP contribution in [0.4, 0.5) is 11.4 Å². The average molecular weight is 544 g/mol. The summed E-state index contributed by atoms with van der Waals surface area (Å²) in [6.07, 6.45) is 4.20. The molecule has 2 aliphatic rings. The number of amides is 2. The van der Waals surface area contributed by atoms with Gasteiger partial charge >= 0.3 is 0 Å². The number of nitrogens with zero attached hydrogens (tertiary/aromatic N) is 2. The van der Waals surface area contributed by atoms with Gasteiger partial charge in [-0.15, -0.1) is 0 Å². The maximum atomic E-state index is 13.4. The van der Waals surface area contributed by atoms with Crippen molar-refractivity contribution < 1.29 is 9.59 Å². The van der Waals surface area contributed by atoms with Gasteiger partial charge in [0.2, 0.25) is 0 Å². The monoisotopic (exact) mass is 543 g/mol. The van der Waals surface area contributed by atoms with Crippen LogP contribution >= 0.6 is 0 Å². The molecule has 1 fully saturated rings. The largest absolute Gasteiger partial charge is 0.353 e. The van der Waals surface area contributed by atoms with Gasteiger partial charge in [-0.2, -0.15) is 0 Å². The first kappa shape index (κ1) is 26.5. The van der Waals surface area contributed by atoms with E-state index in [0.717, 1.165) is 30.9 Å². The smallest absolute Gasteiger partial charge is 0.258 e. The van der Waals surface area contributed by atoms with Crippen LogP contribution in [0, 0.1) is 0 Å². The summed E-state index contributed by atoms with van der Waals surface area (Å²) < 4.78 is 0. The van der Waals surface area contributed by atoms with Crippen molar-refractivity contribution in [3.8, 4) is 0 Å². The number of carbonyl (C=O) groups is 2. The lowest BCUT2D eigenvalue weighted by Gasteiger charge is -2.17. The summed E-state index contributed by atoms with van der Waals surface area (Å²) in [5.74, 6) is -0.443. The van der Waals surface area contributed by atoms with Crippen LogP contribution in [0.15, 0.2) is 97.2 Å². The molecule has 3 N–H and O–H groups in total. The molecule has 7 heteroatoms. The number of fused-ring (bicyclic) bond motifs is 1. The molecule has 7 nitrogen and oxygen atoms in total. The lowest BCUT2D eigenvalue weighted by molar-refractivity contribution is -0.110. The zero-order chi connectivity index (χ0) is 28.2. The molecule has 206 valence electrons. The lowest BCUT2D eigenvalue weighted by atomic mass is 9.99. The topological polar surface area (TPSA) is 86.4 Å². The van der Waals surface area contributed by atoms with E-state index in [1.54, 1.807) is 24.4 Å². The Morgan fingerprint density at radius 2 is 1.76 bits per heavy atom. The summed E-state index contributed by atoms with van der Waals surface area (Å²) >= 11 is 0. The van der Waals surface area contributed by atoms with Crippen molar-refractivity contribution in [1.29, 1.82) is 0 Å². The first-order chi connectivity index (χ1) is 20.0. The Morgan fingerprint density at radius 1 is 0.951 bits per heavy atom. The molecule has 6 rings (SSSR count). The fourth-order valence-electron chi connectivity index (χ4n) is 5.52. The molecule has 3 heterocycles. The van der Waals surface area contributed by atoms with Crippen LogP contribution in [-0.2, 0) is 11.3 Å². The van der Waals surface area contributed by atoms with Crippen LogP contribution in [0.25, 0.3) is 11.3 Å². The van der Waals surface area contributed by atoms with Gasteiger partial charge in [-0.05, 0) is 86.4 Å². The van der Waals surface area contributed by atoms with Gasteiger partial charge in [0.15, 0.2) is 0 Å². The summed E-state index contributed by atoms with van der Waals surface area (Å²) in [7, 11) is 0. The third-order valence-electron chi connectivity index (χ3n) is 7.65. The zero-order valence-electron chi connectivity index (χ0n) is 23.1. The minimum Gasteiger partial charge on any atom is -0.353 e. The number of nitrogens with one attached hydrogen (secondary N) is 3. The Balaban J connectivity index is 1.34. The minimum atomic E-state index is -0.239. The van der Waals surface area contributed by atoms with E-state index >= 15 is 0 Å².